The number of nitrogens with one attached hydrogen (secondary N) is 1. The Morgan fingerprint density at radius 2 is 1.96 bits per heavy atom. The van der Waals surface area contributed by atoms with E-state index in [9.17, 15) is 4.79 Å². The second-order valence-electron chi connectivity index (χ2n) is 6.71. The number of primary amides is 1. The first-order chi connectivity index (χ1) is 13.1. The molecule has 2 aromatic heterocycles. The molecule has 27 heavy (non-hydrogen) atoms. The van der Waals surface area contributed by atoms with Crippen molar-refractivity contribution in [3.8, 4) is 0 Å². The first-order valence-electron chi connectivity index (χ1n) is 8.89. The van der Waals surface area contributed by atoms with Gasteiger partial charge in [0.25, 0.3) is 0 Å². The van der Waals surface area contributed by atoms with Crippen LogP contribution >= 0.6 is 0 Å². The number of carbonyl (C=O) groups excluding carboxylic acids is 1. The highest BCUT2D eigenvalue weighted by atomic mass is 16.1. The number of H-pyrrole nitrogens is 1. The molecule has 0 aliphatic heterocycles. The summed E-state index contributed by atoms with van der Waals surface area (Å²) in [7, 11) is 0. The molecule has 3 N–H and O–H groups in total. The highest BCUT2D eigenvalue weighted by molar-refractivity contribution is 5.79. The van der Waals surface area contributed by atoms with E-state index in [1.54, 1.807) is 6.33 Å². The van der Waals surface area contributed by atoms with E-state index < -0.39 is 0 Å². The number of benzene rings is 2. The number of aromatic amines is 1. The molecule has 0 fully saturated rings. The van der Waals surface area contributed by atoms with Crippen LogP contribution in [0, 0.1) is 6.92 Å². The number of nitrogens with zero attached hydrogens (tertiary/aromatic N) is 3. The van der Waals surface area contributed by atoms with Crippen molar-refractivity contribution in [2.45, 2.75) is 26.3 Å². The highest BCUT2D eigenvalue weighted by Gasteiger charge is 2.15. The van der Waals surface area contributed by atoms with Crippen LogP contribution in [-0.2, 0) is 24.2 Å². The number of aryl methyl sites for hydroxylation is 1. The molecule has 1 amide bonds. The molecule has 2 aromatic carbocycles. The third-order valence-corrected chi connectivity index (χ3v) is 4.64. The van der Waals surface area contributed by atoms with Gasteiger partial charge < -0.3 is 15.3 Å². The van der Waals surface area contributed by atoms with Crippen LogP contribution in [0.2, 0.25) is 0 Å². The Hall–Kier alpha value is -3.41. The molecular formula is C21H21N5O. The average molecular weight is 359 g/mol. The van der Waals surface area contributed by atoms with Crippen LogP contribution in [0.1, 0.15) is 28.3 Å². The summed E-state index contributed by atoms with van der Waals surface area (Å²) in [6, 6.07) is 16.2. The second-order valence-corrected chi connectivity index (χ2v) is 6.71. The average Bonchev–Trinajstić information content (AvgIpc) is 3.20. The number of hydrogen-bond acceptors (Lipinski definition) is 3. The molecule has 2 heterocycles. The van der Waals surface area contributed by atoms with Crippen molar-refractivity contribution in [2.75, 3.05) is 0 Å². The number of amides is 1. The van der Waals surface area contributed by atoms with Crippen molar-refractivity contribution in [1.29, 1.82) is 0 Å². The minimum atomic E-state index is -0.361. The second kappa shape index (κ2) is 7.07. The van der Waals surface area contributed by atoms with E-state index in [4.69, 9.17) is 5.73 Å². The lowest BCUT2D eigenvalue weighted by molar-refractivity contribution is -0.117. The fourth-order valence-corrected chi connectivity index (χ4v) is 3.42. The zero-order valence-electron chi connectivity index (χ0n) is 15.1. The largest absolute Gasteiger partial charge is 0.369 e. The van der Waals surface area contributed by atoms with Crippen molar-refractivity contribution < 1.29 is 4.79 Å². The zero-order chi connectivity index (χ0) is 18.8. The van der Waals surface area contributed by atoms with Gasteiger partial charge in [-0.3, -0.25) is 4.79 Å². The van der Waals surface area contributed by atoms with Crippen LogP contribution in [0.15, 0.2) is 54.9 Å². The number of para-hydroxylation sites is 1. The van der Waals surface area contributed by atoms with Gasteiger partial charge in [0.2, 0.25) is 5.91 Å². The lowest BCUT2D eigenvalue weighted by Crippen LogP contribution is -2.18. The Balaban J connectivity index is 1.70. The van der Waals surface area contributed by atoms with E-state index in [0.29, 0.717) is 13.0 Å². The number of fused-ring (bicyclic) bond motifs is 1. The predicted molar refractivity (Wildman–Crippen MR) is 104 cm³/mol. The maximum absolute atomic E-state index is 11.7. The van der Waals surface area contributed by atoms with Crippen LogP contribution in [-0.4, -0.2) is 25.4 Å². The van der Waals surface area contributed by atoms with E-state index >= 15 is 0 Å². The molecule has 0 unspecified atom stereocenters. The maximum Gasteiger partial charge on any atom is 0.223 e. The van der Waals surface area contributed by atoms with E-state index in [1.807, 2.05) is 47.9 Å². The highest BCUT2D eigenvalue weighted by Crippen LogP contribution is 2.20. The SMILES string of the molecule is Cc1nc2c(Cn3cnc(Cc4ccccc4)c3CC(N)=O)cccc2[nH]1. The molecule has 4 rings (SSSR count). The maximum atomic E-state index is 11.7. The smallest absolute Gasteiger partial charge is 0.223 e. The molecule has 0 aliphatic carbocycles. The van der Waals surface area contributed by atoms with Gasteiger partial charge in [-0.25, -0.2) is 9.97 Å². The van der Waals surface area contributed by atoms with Gasteiger partial charge in [0.1, 0.15) is 5.82 Å². The molecule has 0 saturated heterocycles. The summed E-state index contributed by atoms with van der Waals surface area (Å²) in [5.41, 5.74) is 11.4. The van der Waals surface area contributed by atoms with E-state index in [0.717, 1.165) is 39.4 Å². The lowest BCUT2D eigenvalue weighted by Gasteiger charge is -2.10. The van der Waals surface area contributed by atoms with Crippen molar-refractivity contribution >= 4 is 16.9 Å². The first kappa shape index (κ1) is 17.0. The molecular weight excluding hydrogens is 338 g/mol. The summed E-state index contributed by atoms with van der Waals surface area (Å²) in [6.45, 7) is 2.53. The summed E-state index contributed by atoms with van der Waals surface area (Å²) < 4.78 is 2.00. The minimum absolute atomic E-state index is 0.164. The standard InChI is InChI=1S/C21H21N5O/c1-14-24-17-9-5-8-16(21(17)25-14)12-26-13-23-18(19(26)11-20(22)27)10-15-6-3-2-4-7-15/h2-9,13H,10-12H2,1H3,(H2,22,27)(H,24,25). The fraction of sp³-hybridized carbons (Fsp3) is 0.190. The molecule has 136 valence electrons. The number of aromatic nitrogens is 4. The molecule has 0 saturated carbocycles. The van der Waals surface area contributed by atoms with Gasteiger partial charge in [0.05, 0.1) is 41.7 Å². The third kappa shape index (κ3) is 3.60. The molecule has 0 aliphatic rings. The molecule has 0 bridgehead atoms. The van der Waals surface area contributed by atoms with E-state index in [1.165, 1.54) is 0 Å². The van der Waals surface area contributed by atoms with Crippen LogP contribution in [0.3, 0.4) is 0 Å². The van der Waals surface area contributed by atoms with Gasteiger partial charge in [-0.05, 0) is 24.1 Å². The summed E-state index contributed by atoms with van der Waals surface area (Å²) in [4.78, 5) is 24.1. The molecule has 4 aromatic rings. The third-order valence-electron chi connectivity index (χ3n) is 4.64. The summed E-state index contributed by atoms with van der Waals surface area (Å²) in [5.74, 6) is 0.519. The van der Waals surface area contributed by atoms with Crippen molar-refractivity contribution in [2.24, 2.45) is 5.73 Å². The summed E-state index contributed by atoms with van der Waals surface area (Å²) >= 11 is 0. The normalized spacial score (nSPS) is 11.1. The quantitative estimate of drug-likeness (QED) is 0.555. The van der Waals surface area contributed by atoms with Crippen molar-refractivity contribution in [1.82, 2.24) is 19.5 Å². The lowest BCUT2D eigenvalue weighted by atomic mass is 10.1. The number of rotatable bonds is 6. The zero-order valence-corrected chi connectivity index (χ0v) is 15.1. The molecule has 0 atom stereocenters. The van der Waals surface area contributed by atoms with Gasteiger partial charge in [-0.1, -0.05) is 42.5 Å². The van der Waals surface area contributed by atoms with E-state index in [-0.39, 0.29) is 12.3 Å². The van der Waals surface area contributed by atoms with Crippen LogP contribution < -0.4 is 5.73 Å². The van der Waals surface area contributed by atoms with E-state index in [2.05, 4.69) is 27.1 Å². The summed E-state index contributed by atoms with van der Waals surface area (Å²) in [5, 5.41) is 0. The van der Waals surface area contributed by atoms with Gasteiger partial charge in [0.15, 0.2) is 0 Å². The topological polar surface area (TPSA) is 89.6 Å². The Morgan fingerprint density at radius 1 is 1.15 bits per heavy atom. The molecule has 6 heteroatoms. The van der Waals surface area contributed by atoms with Crippen molar-refractivity contribution in [3.05, 3.63) is 83.2 Å². The Kier molecular flexibility index (Phi) is 4.46. The van der Waals surface area contributed by atoms with Crippen molar-refractivity contribution in [3.63, 3.8) is 0 Å². The number of imidazole rings is 2. The van der Waals surface area contributed by atoms with Crippen LogP contribution in [0.25, 0.3) is 11.0 Å². The number of carbonyl (C=O) groups is 1. The fourth-order valence-electron chi connectivity index (χ4n) is 3.42. The van der Waals surface area contributed by atoms with Crippen LogP contribution in [0.5, 0.6) is 0 Å². The molecule has 0 spiro atoms. The predicted octanol–water partition coefficient (Wildman–Crippen LogP) is 2.73. The molecule has 6 nitrogen and oxygen atoms in total. The Bertz CT molecular complexity index is 1090. The Morgan fingerprint density at radius 3 is 2.74 bits per heavy atom. The monoisotopic (exact) mass is 359 g/mol. The number of nitrogens with two attached hydrogens (primary N) is 1. The van der Waals surface area contributed by atoms with Gasteiger partial charge in [0, 0.05) is 6.42 Å². The molecule has 0 radical (unpaired) electrons. The van der Waals surface area contributed by atoms with Gasteiger partial charge in [-0.15, -0.1) is 0 Å². The first-order valence-corrected chi connectivity index (χ1v) is 8.89. The van der Waals surface area contributed by atoms with Gasteiger partial charge >= 0.3 is 0 Å². The number of hydrogen-bond donors (Lipinski definition) is 2. The van der Waals surface area contributed by atoms with Gasteiger partial charge in [-0.2, -0.15) is 0 Å². The summed E-state index contributed by atoms with van der Waals surface area (Å²) in [6.07, 6.45) is 2.62. The van der Waals surface area contributed by atoms with Crippen LogP contribution in [0.4, 0.5) is 0 Å². The minimum Gasteiger partial charge on any atom is -0.369 e. The Labute approximate surface area is 157 Å².